The molecule has 1 N–H and O–H groups in total. The molecule has 1 aliphatic heterocycles. The largest absolute Gasteiger partial charge is 0.444 e. The summed E-state index contributed by atoms with van der Waals surface area (Å²) in [6.45, 7) is 6.94. The smallest absolute Gasteiger partial charge is 0.437 e. The van der Waals surface area contributed by atoms with E-state index in [0.717, 1.165) is 23.2 Å². The summed E-state index contributed by atoms with van der Waals surface area (Å²) in [6.07, 6.45) is 1.63. The first-order chi connectivity index (χ1) is 12.7. The fourth-order valence-corrected chi connectivity index (χ4v) is 3.07. The van der Waals surface area contributed by atoms with Crippen LogP contribution in [0.1, 0.15) is 33.6 Å². The molecule has 146 valence electrons. The number of carbonyl (C=O) groups is 1. The van der Waals surface area contributed by atoms with E-state index < -0.39 is 11.4 Å². The molecule has 2 aromatic rings. The molecule has 8 nitrogen and oxygen atoms in total. The second-order valence-corrected chi connectivity index (χ2v) is 7.73. The lowest BCUT2D eigenvalue weighted by molar-refractivity contribution is 0.0235. The molecular weight excluding hydrogens is 348 g/mol. The predicted molar refractivity (Wildman–Crippen MR) is 102 cm³/mol. The van der Waals surface area contributed by atoms with Crippen LogP contribution in [0.25, 0.3) is 11.5 Å². The van der Waals surface area contributed by atoms with E-state index in [4.69, 9.17) is 9.15 Å². The number of carbonyl (C=O) groups excluding carboxylic acids is 1. The second kappa shape index (κ2) is 7.46. The van der Waals surface area contributed by atoms with Crippen LogP contribution >= 0.6 is 0 Å². The normalized spacial score (nSPS) is 17.2. The van der Waals surface area contributed by atoms with Gasteiger partial charge in [0.15, 0.2) is 0 Å². The zero-order valence-corrected chi connectivity index (χ0v) is 16.2. The van der Waals surface area contributed by atoms with Crippen molar-refractivity contribution in [1.82, 2.24) is 14.7 Å². The van der Waals surface area contributed by atoms with Crippen molar-refractivity contribution in [3.05, 3.63) is 34.8 Å². The third-order valence-corrected chi connectivity index (χ3v) is 4.35. The molecular formula is C19H26N4O4. The minimum atomic E-state index is -0.501. The number of nitrogens with zero attached hydrogens (tertiary/aromatic N) is 3. The Balaban J connectivity index is 1.65. The van der Waals surface area contributed by atoms with Gasteiger partial charge in [0.1, 0.15) is 5.60 Å². The number of hydrogen-bond acceptors (Lipinski definition) is 6. The summed E-state index contributed by atoms with van der Waals surface area (Å²) in [5.74, 6) is -0.218. The quantitative estimate of drug-likeness (QED) is 0.885. The van der Waals surface area contributed by atoms with Gasteiger partial charge in [-0.2, -0.15) is 4.68 Å². The Kier molecular flexibility index (Phi) is 5.25. The van der Waals surface area contributed by atoms with Gasteiger partial charge < -0.3 is 19.4 Å². The molecule has 8 heteroatoms. The molecule has 1 aromatic heterocycles. The lowest BCUT2D eigenvalue weighted by atomic mass is 10.1. The van der Waals surface area contributed by atoms with Crippen molar-refractivity contribution in [2.75, 3.05) is 18.4 Å². The molecule has 0 bridgehead atoms. The molecule has 0 unspecified atom stereocenters. The Morgan fingerprint density at radius 2 is 2.19 bits per heavy atom. The van der Waals surface area contributed by atoms with Gasteiger partial charge in [0, 0.05) is 31.4 Å². The van der Waals surface area contributed by atoms with Gasteiger partial charge >= 0.3 is 11.8 Å². The van der Waals surface area contributed by atoms with Crippen LogP contribution in [-0.4, -0.2) is 45.5 Å². The summed E-state index contributed by atoms with van der Waals surface area (Å²) in [4.78, 5) is 25.6. The summed E-state index contributed by atoms with van der Waals surface area (Å²) in [7, 11) is 1.54. The van der Waals surface area contributed by atoms with Crippen LogP contribution in [0.15, 0.2) is 33.5 Å². The molecule has 1 amide bonds. The van der Waals surface area contributed by atoms with Gasteiger partial charge in [-0.05, 0) is 51.8 Å². The van der Waals surface area contributed by atoms with Gasteiger partial charge in [0.05, 0.1) is 6.04 Å². The fraction of sp³-hybridized carbons (Fsp3) is 0.526. The van der Waals surface area contributed by atoms with Crippen molar-refractivity contribution < 1.29 is 13.9 Å². The first kappa shape index (κ1) is 19.0. The lowest BCUT2D eigenvalue weighted by Gasteiger charge is -2.29. The summed E-state index contributed by atoms with van der Waals surface area (Å²) in [6, 6.07) is 7.58. The number of rotatable bonds is 4. The van der Waals surface area contributed by atoms with Crippen LogP contribution in [0.5, 0.6) is 0 Å². The number of aromatic nitrogens is 2. The summed E-state index contributed by atoms with van der Waals surface area (Å²) in [5.41, 5.74) is 1.09. The van der Waals surface area contributed by atoms with E-state index >= 15 is 0 Å². The minimum Gasteiger partial charge on any atom is -0.444 e. The van der Waals surface area contributed by atoms with Crippen molar-refractivity contribution >= 4 is 11.8 Å². The number of aryl methyl sites for hydroxylation is 1. The van der Waals surface area contributed by atoms with Crippen molar-refractivity contribution in [2.45, 2.75) is 45.3 Å². The summed E-state index contributed by atoms with van der Waals surface area (Å²) in [5, 5.41) is 7.43. The maximum absolute atomic E-state index is 12.4. The average Bonchev–Trinajstić information content (AvgIpc) is 3.19. The molecule has 0 aliphatic carbocycles. The highest BCUT2D eigenvalue weighted by Crippen LogP contribution is 2.23. The Labute approximate surface area is 158 Å². The molecule has 27 heavy (non-hydrogen) atoms. The van der Waals surface area contributed by atoms with Gasteiger partial charge in [-0.1, -0.05) is 6.07 Å². The van der Waals surface area contributed by atoms with Crippen LogP contribution in [-0.2, 0) is 11.8 Å². The predicted octanol–water partition coefficient (Wildman–Crippen LogP) is 2.85. The third kappa shape index (κ3) is 4.69. The van der Waals surface area contributed by atoms with Crippen LogP contribution in [0.3, 0.4) is 0 Å². The minimum absolute atomic E-state index is 0.0799. The van der Waals surface area contributed by atoms with Gasteiger partial charge in [-0.15, -0.1) is 5.10 Å². The van der Waals surface area contributed by atoms with Crippen molar-refractivity contribution in [3.63, 3.8) is 0 Å². The molecule has 1 saturated heterocycles. The van der Waals surface area contributed by atoms with E-state index in [0.29, 0.717) is 18.7 Å². The number of likely N-dealkylation sites (tertiary alicyclic amines) is 1. The number of ether oxygens (including phenoxy) is 1. The molecule has 1 atom stereocenters. The zero-order chi connectivity index (χ0) is 19.6. The van der Waals surface area contributed by atoms with Crippen LogP contribution in [0, 0.1) is 0 Å². The highest BCUT2D eigenvalue weighted by atomic mass is 16.6. The van der Waals surface area contributed by atoms with Gasteiger partial charge in [-0.25, -0.2) is 9.59 Å². The second-order valence-electron chi connectivity index (χ2n) is 7.73. The van der Waals surface area contributed by atoms with Gasteiger partial charge in [0.25, 0.3) is 0 Å². The first-order valence-corrected chi connectivity index (χ1v) is 9.11. The standard InChI is InChI=1S/C19H26N4O4/c1-19(2,3)27-18(25)23-10-6-9-15(23)12-20-14-8-5-7-13(11-14)16-21-22(4)17(24)26-16/h5,7-8,11,15,20H,6,9-10,12H2,1-4H3/t15-/m0/s1. The molecule has 1 aromatic carbocycles. The zero-order valence-electron chi connectivity index (χ0n) is 16.2. The average molecular weight is 374 g/mol. The molecule has 2 heterocycles. The number of nitrogens with one attached hydrogen (secondary N) is 1. The molecule has 1 fully saturated rings. The molecule has 1 aliphatic rings. The number of benzene rings is 1. The lowest BCUT2D eigenvalue weighted by Crippen LogP contribution is -2.42. The highest BCUT2D eigenvalue weighted by molar-refractivity contribution is 5.69. The van der Waals surface area contributed by atoms with Crippen molar-refractivity contribution in [1.29, 1.82) is 0 Å². The van der Waals surface area contributed by atoms with E-state index in [-0.39, 0.29) is 18.0 Å². The Morgan fingerprint density at radius 3 is 2.85 bits per heavy atom. The summed E-state index contributed by atoms with van der Waals surface area (Å²) >= 11 is 0. The third-order valence-electron chi connectivity index (χ3n) is 4.35. The van der Waals surface area contributed by atoms with E-state index in [2.05, 4.69) is 10.4 Å². The maximum atomic E-state index is 12.4. The number of hydrogen-bond donors (Lipinski definition) is 1. The first-order valence-electron chi connectivity index (χ1n) is 9.11. The van der Waals surface area contributed by atoms with Crippen molar-refractivity contribution in [3.8, 4) is 11.5 Å². The van der Waals surface area contributed by atoms with E-state index in [1.807, 2.05) is 45.0 Å². The number of amides is 1. The Bertz CT molecular complexity index is 865. The summed E-state index contributed by atoms with van der Waals surface area (Å²) < 4.78 is 11.8. The highest BCUT2D eigenvalue weighted by Gasteiger charge is 2.31. The fourth-order valence-electron chi connectivity index (χ4n) is 3.07. The van der Waals surface area contributed by atoms with Crippen molar-refractivity contribution in [2.24, 2.45) is 7.05 Å². The SMILES string of the molecule is Cn1nc(-c2cccc(NC[C@@H]3CCCN3C(=O)OC(C)(C)C)c2)oc1=O. The Morgan fingerprint density at radius 1 is 1.41 bits per heavy atom. The maximum Gasteiger partial charge on any atom is 0.437 e. The van der Waals surface area contributed by atoms with Crippen LogP contribution in [0.2, 0.25) is 0 Å². The molecule has 0 radical (unpaired) electrons. The molecule has 3 rings (SSSR count). The topological polar surface area (TPSA) is 89.6 Å². The monoisotopic (exact) mass is 374 g/mol. The van der Waals surface area contributed by atoms with E-state index in [9.17, 15) is 9.59 Å². The molecule has 0 saturated carbocycles. The van der Waals surface area contributed by atoms with Crippen LogP contribution in [0.4, 0.5) is 10.5 Å². The molecule has 0 spiro atoms. The Hall–Kier alpha value is -2.77. The van der Waals surface area contributed by atoms with E-state index in [1.165, 1.54) is 0 Å². The number of anilines is 1. The van der Waals surface area contributed by atoms with Gasteiger partial charge in [-0.3, -0.25) is 0 Å². The van der Waals surface area contributed by atoms with Crippen LogP contribution < -0.4 is 11.1 Å². The van der Waals surface area contributed by atoms with E-state index in [1.54, 1.807) is 11.9 Å². The van der Waals surface area contributed by atoms with Gasteiger partial charge in [0.2, 0.25) is 5.89 Å².